The van der Waals surface area contributed by atoms with Crippen molar-refractivity contribution in [1.29, 1.82) is 0 Å². The van der Waals surface area contributed by atoms with Crippen molar-refractivity contribution in [3.63, 3.8) is 0 Å². The van der Waals surface area contributed by atoms with Crippen molar-refractivity contribution < 1.29 is 39.9 Å². The van der Waals surface area contributed by atoms with E-state index in [4.69, 9.17) is 0 Å². The lowest BCUT2D eigenvalue weighted by atomic mass is 9.79. The van der Waals surface area contributed by atoms with Crippen LogP contribution < -0.4 is 0 Å². The van der Waals surface area contributed by atoms with E-state index in [0.29, 0.717) is 0 Å². The summed E-state index contributed by atoms with van der Waals surface area (Å²) in [6.45, 7) is 1.28. The lowest BCUT2D eigenvalue weighted by Crippen LogP contribution is -2.23. The van der Waals surface area contributed by atoms with E-state index in [0.717, 1.165) is 12.1 Å². The third kappa shape index (κ3) is 2.08. The van der Waals surface area contributed by atoms with Crippen molar-refractivity contribution >= 4 is 28.3 Å². The summed E-state index contributed by atoms with van der Waals surface area (Å²) in [6.07, 6.45) is 0. The van der Waals surface area contributed by atoms with E-state index in [1.54, 1.807) is 0 Å². The zero-order chi connectivity index (χ0) is 20.5. The molecule has 3 aromatic rings. The van der Waals surface area contributed by atoms with Crippen molar-refractivity contribution in [2.75, 3.05) is 0 Å². The van der Waals surface area contributed by atoms with E-state index in [1.165, 1.54) is 19.1 Å². The molecule has 0 fully saturated rings. The van der Waals surface area contributed by atoms with Crippen LogP contribution in [0.5, 0.6) is 23.0 Å². The fourth-order valence-corrected chi connectivity index (χ4v) is 3.71. The van der Waals surface area contributed by atoms with Gasteiger partial charge in [0.05, 0.1) is 10.9 Å². The number of benzene rings is 3. The number of aromatic carboxylic acids is 1. The molecule has 28 heavy (non-hydrogen) atoms. The molecule has 0 bridgehead atoms. The van der Waals surface area contributed by atoms with Gasteiger partial charge in [-0.2, -0.15) is 0 Å². The fraction of sp³-hybridized carbons (Fsp3) is 0.0500. The molecule has 1 aliphatic rings. The number of carbonyl (C=O) groups is 3. The van der Waals surface area contributed by atoms with E-state index < -0.39 is 40.3 Å². The number of hydrogen-bond acceptors (Lipinski definition) is 7. The maximum atomic E-state index is 13.1. The van der Waals surface area contributed by atoms with Gasteiger partial charge in [0.2, 0.25) is 0 Å². The van der Waals surface area contributed by atoms with Gasteiger partial charge in [0, 0.05) is 22.8 Å². The second-order valence-corrected chi connectivity index (χ2v) is 6.49. The van der Waals surface area contributed by atoms with Crippen LogP contribution in [0, 0.1) is 6.92 Å². The molecule has 0 saturated carbocycles. The van der Waals surface area contributed by atoms with Crippen molar-refractivity contribution in [3.05, 3.63) is 57.6 Å². The minimum atomic E-state index is -1.47. The van der Waals surface area contributed by atoms with Gasteiger partial charge in [-0.25, -0.2) is 4.79 Å². The predicted molar refractivity (Wildman–Crippen MR) is 95.6 cm³/mol. The molecule has 0 radical (unpaired) electrons. The topological polar surface area (TPSA) is 152 Å². The molecule has 0 amide bonds. The Balaban J connectivity index is 2.13. The Morgan fingerprint density at radius 1 is 0.821 bits per heavy atom. The highest BCUT2D eigenvalue weighted by Crippen LogP contribution is 2.44. The number of ketones is 2. The number of aromatic hydroxyl groups is 4. The molecule has 0 atom stereocenters. The summed E-state index contributed by atoms with van der Waals surface area (Å²) in [5.74, 6) is -5.10. The SMILES string of the molecule is Cc1c(C(=O)O)c(O)cc2c1C(=O)c1c(cc3cc(O)cc(O)c3c1O)C2=O. The second-order valence-electron chi connectivity index (χ2n) is 6.49. The smallest absolute Gasteiger partial charge is 0.339 e. The molecule has 0 unspecified atom stereocenters. The third-order valence-corrected chi connectivity index (χ3v) is 4.89. The number of rotatable bonds is 1. The fourth-order valence-electron chi connectivity index (χ4n) is 3.71. The molecule has 4 rings (SSSR count). The highest BCUT2D eigenvalue weighted by Gasteiger charge is 2.37. The molecule has 0 heterocycles. The highest BCUT2D eigenvalue weighted by molar-refractivity contribution is 6.32. The second kappa shape index (κ2) is 5.46. The average Bonchev–Trinajstić information content (AvgIpc) is 2.57. The summed E-state index contributed by atoms with van der Waals surface area (Å²) >= 11 is 0. The van der Waals surface area contributed by atoms with E-state index in [9.17, 15) is 39.9 Å². The summed E-state index contributed by atoms with van der Waals surface area (Å²) < 4.78 is 0. The molecule has 140 valence electrons. The summed E-state index contributed by atoms with van der Waals surface area (Å²) in [5, 5.41) is 49.6. The van der Waals surface area contributed by atoms with Gasteiger partial charge < -0.3 is 25.5 Å². The van der Waals surface area contributed by atoms with Crippen LogP contribution in [-0.2, 0) is 0 Å². The maximum Gasteiger partial charge on any atom is 0.339 e. The van der Waals surface area contributed by atoms with Crippen LogP contribution >= 0.6 is 0 Å². The van der Waals surface area contributed by atoms with E-state index in [-0.39, 0.29) is 44.3 Å². The number of carbonyl (C=O) groups excluding carboxylic acids is 2. The molecule has 5 N–H and O–H groups in total. The van der Waals surface area contributed by atoms with Crippen LogP contribution in [0.3, 0.4) is 0 Å². The number of carboxylic acid groups (broad SMARTS) is 1. The largest absolute Gasteiger partial charge is 0.508 e. The summed E-state index contributed by atoms with van der Waals surface area (Å²) in [7, 11) is 0. The Hall–Kier alpha value is -4.07. The molecule has 8 nitrogen and oxygen atoms in total. The number of phenolic OH excluding ortho intramolecular Hbond substituents is 3. The van der Waals surface area contributed by atoms with Crippen LogP contribution in [-0.4, -0.2) is 43.1 Å². The Morgan fingerprint density at radius 3 is 2.11 bits per heavy atom. The number of fused-ring (bicyclic) bond motifs is 3. The first-order valence-corrected chi connectivity index (χ1v) is 8.04. The van der Waals surface area contributed by atoms with Gasteiger partial charge in [0.15, 0.2) is 11.6 Å². The highest BCUT2D eigenvalue weighted by atomic mass is 16.4. The monoisotopic (exact) mass is 380 g/mol. The Morgan fingerprint density at radius 2 is 1.46 bits per heavy atom. The Labute approximate surface area is 156 Å². The van der Waals surface area contributed by atoms with Gasteiger partial charge in [-0.05, 0) is 36.1 Å². The first-order chi connectivity index (χ1) is 13.1. The maximum absolute atomic E-state index is 13.1. The van der Waals surface area contributed by atoms with Gasteiger partial charge in [0.1, 0.15) is 28.6 Å². The summed E-state index contributed by atoms with van der Waals surface area (Å²) in [5.41, 5.74) is -1.62. The van der Waals surface area contributed by atoms with Crippen molar-refractivity contribution in [1.82, 2.24) is 0 Å². The van der Waals surface area contributed by atoms with E-state index in [1.807, 2.05) is 0 Å². The van der Waals surface area contributed by atoms with Crippen molar-refractivity contribution in [3.8, 4) is 23.0 Å². The molecule has 8 heteroatoms. The Bertz CT molecular complexity index is 1270. The Kier molecular flexibility index (Phi) is 3.38. The van der Waals surface area contributed by atoms with E-state index >= 15 is 0 Å². The van der Waals surface area contributed by atoms with Gasteiger partial charge in [0.25, 0.3) is 0 Å². The standard InChI is InChI=1S/C20H12O8/c1-6-13-10(5-12(23)14(6)20(27)28)17(24)9-3-7-2-8(21)4-11(22)15(7)19(26)16(9)18(13)25/h2-5,21-23,26H,1H3,(H,27,28). The lowest BCUT2D eigenvalue weighted by Gasteiger charge is -2.22. The zero-order valence-electron chi connectivity index (χ0n) is 14.3. The normalized spacial score (nSPS) is 12.8. The zero-order valence-corrected chi connectivity index (χ0v) is 14.3. The summed E-state index contributed by atoms with van der Waals surface area (Å²) in [4.78, 5) is 37.5. The molecule has 0 saturated heterocycles. The average molecular weight is 380 g/mol. The van der Waals surface area contributed by atoms with Crippen molar-refractivity contribution in [2.24, 2.45) is 0 Å². The first kappa shape index (κ1) is 17.3. The van der Waals surface area contributed by atoms with Gasteiger partial charge in [-0.3, -0.25) is 9.59 Å². The molecule has 3 aromatic carbocycles. The molecular formula is C20H12O8. The van der Waals surface area contributed by atoms with Gasteiger partial charge in [-0.1, -0.05) is 0 Å². The minimum absolute atomic E-state index is 0.110. The summed E-state index contributed by atoms with van der Waals surface area (Å²) in [6, 6.07) is 4.34. The van der Waals surface area contributed by atoms with Gasteiger partial charge in [-0.15, -0.1) is 0 Å². The quantitative estimate of drug-likeness (QED) is 0.338. The molecule has 1 aliphatic carbocycles. The third-order valence-electron chi connectivity index (χ3n) is 4.89. The first-order valence-electron chi connectivity index (χ1n) is 8.04. The van der Waals surface area contributed by atoms with Crippen LogP contribution in [0.4, 0.5) is 0 Å². The molecule has 0 aromatic heterocycles. The predicted octanol–water partition coefficient (Wildman–Crippen LogP) is 2.44. The number of hydrogen-bond donors (Lipinski definition) is 5. The van der Waals surface area contributed by atoms with Gasteiger partial charge >= 0.3 is 5.97 Å². The lowest BCUT2D eigenvalue weighted by molar-refractivity contribution is 0.0692. The molecule has 0 spiro atoms. The molecular weight excluding hydrogens is 368 g/mol. The van der Waals surface area contributed by atoms with Crippen LogP contribution in [0.25, 0.3) is 10.8 Å². The van der Waals surface area contributed by atoms with E-state index in [2.05, 4.69) is 0 Å². The number of phenols is 4. The number of carboxylic acids is 1. The van der Waals surface area contributed by atoms with Crippen molar-refractivity contribution in [2.45, 2.75) is 6.92 Å². The minimum Gasteiger partial charge on any atom is -0.508 e. The van der Waals surface area contributed by atoms with Crippen LogP contribution in [0.2, 0.25) is 0 Å². The molecule has 0 aliphatic heterocycles. The van der Waals surface area contributed by atoms with Crippen LogP contribution in [0.1, 0.15) is 47.8 Å². The van der Waals surface area contributed by atoms with Crippen LogP contribution in [0.15, 0.2) is 24.3 Å².